The normalized spacial score (nSPS) is 20.9. The zero-order valence-corrected chi connectivity index (χ0v) is 19.5. The third-order valence-corrected chi connectivity index (χ3v) is 7.69. The fourth-order valence-electron chi connectivity index (χ4n) is 5.20. The fraction of sp³-hybridized carbons (Fsp3) is 0.692. The first-order valence-corrected chi connectivity index (χ1v) is 12.7. The maximum Gasteiger partial charge on any atom is 0.222 e. The highest BCUT2D eigenvalue weighted by Crippen LogP contribution is 2.34. The average Bonchev–Trinajstić information content (AvgIpc) is 3.55. The van der Waals surface area contributed by atoms with Gasteiger partial charge in [-0.15, -0.1) is 0 Å². The Morgan fingerprint density at radius 2 is 1.91 bits per heavy atom. The van der Waals surface area contributed by atoms with E-state index in [4.69, 9.17) is 9.26 Å². The van der Waals surface area contributed by atoms with Gasteiger partial charge in [-0.05, 0) is 95.3 Å². The van der Waals surface area contributed by atoms with Crippen LogP contribution >= 0.6 is 0 Å². The molecule has 0 unspecified atom stereocenters. The van der Waals surface area contributed by atoms with Gasteiger partial charge in [-0.1, -0.05) is 5.16 Å². The molecule has 0 bridgehead atoms. The molecule has 32 heavy (non-hydrogen) atoms. The van der Waals surface area contributed by atoms with Crippen LogP contribution in [0.2, 0.25) is 0 Å². The lowest BCUT2D eigenvalue weighted by atomic mass is 9.91. The van der Waals surface area contributed by atoms with E-state index in [0.29, 0.717) is 5.91 Å². The molecule has 0 atom stereocenters. The van der Waals surface area contributed by atoms with Crippen LogP contribution < -0.4 is 4.74 Å². The Morgan fingerprint density at radius 1 is 1.06 bits per heavy atom. The number of carbonyl (C=O) groups is 1. The number of benzene rings is 1. The molecule has 5 rings (SSSR count). The van der Waals surface area contributed by atoms with E-state index in [1.165, 1.54) is 38.5 Å². The summed E-state index contributed by atoms with van der Waals surface area (Å²) >= 11 is 0. The first kappa shape index (κ1) is 21.7. The average molecular weight is 440 g/mol. The summed E-state index contributed by atoms with van der Waals surface area (Å²) in [6.45, 7) is 8.07. The summed E-state index contributed by atoms with van der Waals surface area (Å²) in [5.41, 5.74) is 3.04. The summed E-state index contributed by atoms with van der Waals surface area (Å²) in [5.74, 6) is 2.78. The smallest absolute Gasteiger partial charge is 0.222 e. The molecule has 0 N–H and O–H groups in total. The molecule has 3 heterocycles. The van der Waals surface area contributed by atoms with Crippen molar-refractivity contribution < 1.29 is 14.1 Å². The molecule has 6 heteroatoms. The molecule has 0 radical (unpaired) electrons. The van der Waals surface area contributed by atoms with Crippen LogP contribution in [0, 0.1) is 18.8 Å². The first-order valence-electron chi connectivity index (χ1n) is 12.7. The molecule has 1 aromatic carbocycles. The van der Waals surface area contributed by atoms with Crippen molar-refractivity contribution in [3.05, 3.63) is 23.4 Å². The number of amides is 1. The lowest BCUT2D eigenvalue weighted by Crippen LogP contribution is -2.43. The number of piperidine rings is 2. The lowest BCUT2D eigenvalue weighted by Gasteiger charge is -2.34. The van der Waals surface area contributed by atoms with Gasteiger partial charge in [-0.2, -0.15) is 0 Å². The minimum atomic E-state index is 0.350. The van der Waals surface area contributed by atoms with E-state index in [1.807, 2.05) is 0 Å². The predicted octanol–water partition coefficient (Wildman–Crippen LogP) is 4.58. The molecular formula is C26H37N3O3. The Hall–Kier alpha value is -2.08. The van der Waals surface area contributed by atoms with Crippen molar-refractivity contribution in [3.63, 3.8) is 0 Å². The second-order valence-corrected chi connectivity index (χ2v) is 10.1. The molecule has 3 fully saturated rings. The minimum absolute atomic E-state index is 0.350. The molecule has 1 amide bonds. The molecular weight excluding hydrogens is 402 g/mol. The number of rotatable bonds is 9. The van der Waals surface area contributed by atoms with Crippen LogP contribution in [0.25, 0.3) is 11.0 Å². The molecule has 1 aromatic heterocycles. The summed E-state index contributed by atoms with van der Waals surface area (Å²) < 4.78 is 11.7. The number of aromatic nitrogens is 1. The van der Waals surface area contributed by atoms with Gasteiger partial charge in [-0.3, -0.25) is 4.79 Å². The number of likely N-dealkylation sites (tertiary alicyclic amines) is 2. The van der Waals surface area contributed by atoms with E-state index in [9.17, 15) is 4.79 Å². The largest absolute Gasteiger partial charge is 0.493 e. The predicted molar refractivity (Wildman–Crippen MR) is 125 cm³/mol. The monoisotopic (exact) mass is 439 g/mol. The first-order chi connectivity index (χ1) is 15.7. The maximum absolute atomic E-state index is 12.0. The van der Waals surface area contributed by atoms with Gasteiger partial charge < -0.3 is 19.1 Å². The number of aryl methyl sites for hydroxylation is 2. The number of carbonyl (C=O) groups excluding carboxylic acids is 1. The zero-order valence-electron chi connectivity index (χ0n) is 19.5. The van der Waals surface area contributed by atoms with Crippen LogP contribution in [0.5, 0.6) is 5.75 Å². The Kier molecular flexibility index (Phi) is 6.67. The lowest BCUT2D eigenvalue weighted by molar-refractivity contribution is -0.133. The van der Waals surface area contributed by atoms with Gasteiger partial charge >= 0.3 is 0 Å². The molecule has 1 saturated carbocycles. The van der Waals surface area contributed by atoms with E-state index in [2.05, 4.69) is 34.0 Å². The van der Waals surface area contributed by atoms with Gasteiger partial charge in [0.05, 0.1) is 12.3 Å². The van der Waals surface area contributed by atoms with Gasteiger partial charge in [-0.25, -0.2) is 0 Å². The van der Waals surface area contributed by atoms with Crippen molar-refractivity contribution in [2.24, 2.45) is 11.8 Å². The molecule has 2 aromatic rings. The Balaban J connectivity index is 1.08. The molecule has 6 nitrogen and oxygen atoms in total. The van der Waals surface area contributed by atoms with Crippen LogP contribution in [0.3, 0.4) is 0 Å². The van der Waals surface area contributed by atoms with Crippen LogP contribution in [-0.2, 0) is 11.2 Å². The Labute approximate surface area is 191 Å². The van der Waals surface area contributed by atoms with Crippen molar-refractivity contribution >= 4 is 16.9 Å². The number of ether oxygens (including phenoxy) is 1. The van der Waals surface area contributed by atoms with Crippen molar-refractivity contribution in [1.82, 2.24) is 15.0 Å². The number of hydrogen-bond donors (Lipinski definition) is 0. The van der Waals surface area contributed by atoms with Gasteiger partial charge in [0.25, 0.3) is 0 Å². The van der Waals surface area contributed by atoms with Crippen molar-refractivity contribution in [2.75, 3.05) is 39.3 Å². The minimum Gasteiger partial charge on any atom is -0.493 e. The fourth-order valence-corrected chi connectivity index (χ4v) is 5.20. The highest BCUT2D eigenvalue weighted by molar-refractivity contribution is 5.84. The van der Waals surface area contributed by atoms with Crippen LogP contribution in [-0.4, -0.2) is 60.2 Å². The topological polar surface area (TPSA) is 58.8 Å². The summed E-state index contributed by atoms with van der Waals surface area (Å²) in [6.07, 6.45) is 10.2. The van der Waals surface area contributed by atoms with Crippen molar-refractivity contribution in [1.29, 1.82) is 0 Å². The molecule has 0 spiro atoms. The molecule has 2 aliphatic heterocycles. The van der Waals surface area contributed by atoms with Gasteiger partial charge in [0, 0.05) is 37.0 Å². The van der Waals surface area contributed by atoms with Gasteiger partial charge in [0.2, 0.25) is 5.91 Å². The summed E-state index contributed by atoms with van der Waals surface area (Å²) in [5, 5.41) is 5.56. The molecule has 2 saturated heterocycles. The molecule has 1 aliphatic carbocycles. The van der Waals surface area contributed by atoms with Crippen LogP contribution in [0.4, 0.5) is 0 Å². The maximum atomic E-state index is 12.0. The molecule has 174 valence electrons. The highest BCUT2D eigenvalue weighted by Gasteiger charge is 2.24. The van der Waals surface area contributed by atoms with Crippen LogP contribution in [0.1, 0.15) is 62.6 Å². The summed E-state index contributed by atoms with van der Waals surface area (Å²) in [7, 11) is 0. The number of hydrogen-bond acceptors (Lipinski definition) is 5. The Bertz CT molecular complexity index is 928. The zero-order chi connectivity index (χ0) is 21.9. The third-order valence-electron chi connectivity index (χ3n) is 7.69. The summed E-state index contributed by atoms with van der Waals surface area (Å²) in [4.78, 5) is 16.6. The molecule has 3 aliphatic rings. The van der Waals surface area contributed by atoms with Gasteiger partial charge in [0.15, 0.2) is 5.58 Å². The number of fused-ring (bicyclic) bond motifs is 1. The Morgan fingerprint density at radius 3 is 2.69 bits per heavy atom. The van der Waals surface area contributed by atoms with E-state index in [1.54, 1.807) is 0 Å². The summed E-state index contributed by atoms with van der Waals surface area (Å²) in [6, 6.07) is 4.22. The van der Waals surface area contributed by atoms with E-state index < -0.39 is 0 Å². The van der Waals surface area contributed by atoms with E-state index in [-0.39, 0.29) is 0 Å². The SMILES string of the molecule is Cc1c(OCC2CC2)ccc2c(CCC3CCN(CCN4CCCCC4=O)CC3)noc12. The third kappa shape index (κ3) is 5.11. The van der Waals surface area contributed by atoms with Crippen LogP contribution in [0.15, 0.2) is 16.7 Å². The second kappa shape index (κ2) is 9.82. The second-order valence-electron chi connectivity index (χ2n) is 10.1. The van der Waals surface area contributed by atoms with E-state index in [0.717, 1.165) is 98.4 Å². The highest BCUT2D eigenvalue weighted by atomic mass is 16.5. The van der Waals surface area contributed by atoms with Gasteiger partial charge in [0.1, 0.15) is 5.75 Å². The standard InChI is InChI=1S/C26H37N3O3/c1-19-24(31-18-21-5-6-21)10-8-22-23(27-32-26(19)22)9-7-20-11-14-28(15-12-20)16-17-29-13-3-2-4-25(29)30/h8,10,20-21H,2-7,9,11-18H2,1H3. The number of nitrogens with zero attached hydrogens (tertiary/aromatic N) is 3. The van der Waals surface area contributed by atoms with Crippen molar-refractivity contribution in [3.8, 4) is 5.75 Å². The van der Waals surface area contributed by atoms with E-state index >= 15 is 0 Å². The van der Waals surface area contributed by atoms with Crippen molar-refractivity contribution in [2.45, 2.75) is 64.7 Å². The quantitative estimate of drug-likeness (QED) is 0.572.